The van der Waals surface area contributed by atoms with Gasteiger partial charge in [0.15, 0.2) is 0 Å². The molecule has 6 heteroatoms. The van der Waals surface area contributed by atoms with Gasteiger partial charge in [-0.3, -0.25) is 0 Å². The highest BCUT2D eigenvalue weighted by atomic mass is 16.5. The molecule has 0 saturated carbocycles. The molecule has 1 unspecified atom stereocenters. The Hall–Kier alpha value is -1.11. The van der Waals surface area contributed by atoms with Crippen molar-refractivity contribution in [2.45, 2.75) is 19.6 Å². The average molecular weight is 243 g/mol. The second-order valence-electron chi connectivity index (χ2n) is 3.75. The Morgan fingerprint density at radius 3 is 2.94 bits per heavy atom. The van der Waals surface area contributed by atoms with Crippen molar-refractivity contribution in [1.29, 1.82) is 0 Å². The molecule has 0 aliphatic carbocycles. The lowest BCUT2D eigenvalue weighted by atomic mass is 10.3. The third kappa shape index (κ3) is 4.72. The van der Waals surface area contributed by atoms with Crippen LogP contribution in [-0.2, 0) is 18.3 Å². The molecule has 6 nitrogen and oxygen atoms in total. The van der Waals surface area contributed by atoms with Crippen molar-refractivity contribution >= 4 is 0 Å². The van der Waals surface area contributed by atoms with Crippen LogP contribution in [0.25, 0.3) is 0 Å². The van der Waals surface area contributed by atoms with Crippen LogP contribution in [0.3, 0.4) is 0 Å². The fourth-order valence-corrected chi connectivity index (χ4v) is 1.46. The summed E-state index contributed by atoms with van der Waals surface area (Å²) in [6, 6.07) is 1.86. The summed E-state index contributed by atoms with van der Waals surface area (Å²) in [5.74, 6) is 0.719. The first kappa shape index (κ1) is 14.0. The van der Waals surface area contributed by atoms with Crippen LogP contribution in [-0.4, -0.2) is 47.9 Å². The second-order valence-corrected chi connectivity index (χ2v) is 3.75. The zero-order chi connectivity index (χ0) is 12.7. The van der Waals surface area contributed by atoms with Crippen molar-refractivity contribution < 1.29 is 14.6 Å². The van der Waals surface area contributed by atoms with Gasteiger partial charge < -0.3 is 19.9 Å². The van der Waals surface area contributed by atoms with E-state index in [9.17, 15) is 5.11 Å². The van der Waals surface area contributed by atoms with Crippen LogP contribution >= 0.6 is 0 Å². The van der Waals surface area contributed by atoms with E-state index in [4.69, 9.17) is 9.47 Å². The lowest BCUT2D eigenvalue weighted by Crippen LogP contribution is -2.30. The molecule has 98 valence electrons. The minimum Gasteiger partial charge on any atom is -0.481 e. The number of hydrogen-bond donors (Lipinski definition) is 2. The normalized spacial score (nSPS) is 12.7. The Labute approximate surface area is 102 Å². The number of hydrogen-bond acceptors (Lipinski definition) is 5. The number of aliphatic hydroxyl groups excluding tert-OH is 1. The Morgan fingerprint density at radius 1 is 1.59 bits per heavy atom. The van der Waals surface area contributed by atoms with Crippen molar-refractivity contribution in [2.75, 3.05) is 26.9 Å². The standard InChI is InChI=1S/C11H21N3O3/c1-4-17-8-10(15)7-12-6-9-5-11(16-3)14(2)13-9/h5,10,12,15H,4,6-8H2,1-3H3. The molecule has 1 heterocycles. The summed E-state index contributed by atoms with van der Waals surface area (Å²) in [4.78, 5) is 0. The highest BCUT2D eigenvalue weighted by molar-refractivity contribution is 5.15. The Balaban J connectivity index is 2.25. The first-order chi connectivity index (χ1) is 8.17. The maximum Gasteiger partial charge on any atom is 0.211 e. The summed E-state index contributed by atoms with van der Waals surface area (Å²) < 4.78 is 11.9. The maximum atomic E-state index is 9.53. The van der Waals surface area contributed by atoms with Crippen molar-refractivity contribution in [2.24, 2.45) is 7.05 Å². The lowest BCUT2D eigenvalue weighted by Gasteiger charge is -2.10. The number of nitrogens with zero attached hydrogens (tertiary/aromatic N) is 2. The molecular formula is C11H21N3O3. The van der Waals surface area contributed by atoms with Crippen LogP contribution in [0.15, 0.2) is 6.07 Å². The van der Waals surface area contributed by atoms with Gasteiger partial charge in [0.2, 0.25) is 5.88 Å². The molecular weight excluding hydrogens is 222 g/mol. The van der Waals surface area contributed by atoms with E-state index in [2.05, 4.69) is 10.4 Å². The number of aryl methyl sites for hydroxylation is 1. The Bertz CT molecular complexity index is 328. The summed E-state index contributed by atoms with van der Waals surface area (Å²) >= 11 is 0. The van der Waals surface area contributed by atoms with Gasteiger partial charge in [-0.1, -0.05) is 0 Å². The van der Waals surface area contributed by atoms with E-state index in [0.717, 1.165) is 11.6 Å². The summed E-state index contributed by atoms with van der Waals surface area (Å²) in [5.41, 5.74) is 0.882. The predicted molar refractivity (Wildman–Crippen MR) is 64.0 cm³/mol. The molecule has 0 fully saturated rings. The monoisotopic (exact) mass is 243 g/mol. The Kier molecular flexibility index (Phi) is 5.96. The third-order valence-electron chi connectivity index (χ3n) is 2.30. The largest absolute Gasteiger partial charge is 0.481 e. The SMILES string of the molecule is CCOCC(O)CNCc1cc(OC)n(C)n1. The maximum absolute atomic E-state index is 9.53. The molecule has 0 radical (unpaired) electrons. The zero-order valence-corrected chi connectivity index (χ0v) is 10.6. The van der Waals surface area contributed by atoms with Gasteiger partial charge in [0.25, 0.3) is 0 Å². The third-order valence-corrected chi connectivity index (χ3v) is 2.30. The lowest BCUT2D eigenvalue weighted by molar-refractivity contribution is 0.0427. The van der Waals surface area contributed by atoms with E-state index in [1.165, 1.54) is 0 Å². The smallest absolute Gasteiger partial charge is 0.211 e. The molecule has 0 amide bonds. The number of nitrogens with one attached hydrogen (secondary N) is 1. The average Bonchev–Trinajstić information content (AvgIpc) is 2.67. The molecule has 1 atom stereocenters. The Morgan fingerprint density at radius 2 is 2.35 bits per heavy atom. The van der Waals surface area contributed by atoms with Gasteiger partial charge in [0, 0.05) is 32.8 Å². The summed E-state index contributed by atoms with van der Waals surface area (Å²) in [5, 5.41) is 16.9. The van der Waals surface area contributed by atoms with Crippen molar-refractivity contribution in [3.05, 3.63) is 11.8 Å². The molecule has 1 aromatic rings. The van der Waals surface area contributed by atoms with Crippen LogP contribution in [0.4, 0.5) is 0 Å². The first-order valence-electron chi connectivity index (χ1n) is 5.70. The zero-order valence-electron chi connectivity index (χ0n) is 10.6. The first-order valence-corrected chi connectivity index (χ1v) is 5.70. The minimum atomic E-state index is -0.486. The number of ether oxygens (including phenoxy) is 2. The van der Waals surface area contributed by atoms with Gasteiger partial charge in [-0.2, -0.15) is 5.10 Å². The minimum absolute atomic E-state index is 0.356. The summed E-state index contributed by atoms with van der Waals surface area (Å²) in [6.45, 7) is 3.96. The van der Waals surface area contributed by atoms with Crippen LogP contribution in [0, 0.1) is 0 Å². The molecule has 0 saturated heterocycles. The van der Waals surface area contributed by atoms with Gasteiger partial charge in [0.05, 0.1) is 25.5 Å². The fraction of sp³-hybridized carbons (Fsp3) is 0.727. The number of methoxy groups -OCH3 is 1. The molecule has 0 aliphatic rings. The molecule has 0 bridgehead atoms. The van der Waals surface area contributed by atoms with E-state index in [-0.39, 0.29) is 0 Å². The summed E-state index contributed by atoms with van der Waals surface area (Å²) in [6.07, 6.45) is -0.486. The summed E-state index contributed by atoms with van der Waals surface area (Å²) in [7, 11) is 3.44. The molecule has 0 aromatic carbocycles. The van der Waals surface area contributed by atoms with Crippen LogP contribution < -0.4 is 10.1 Å². The van der Waals surface area contributed by atoms with E-state index >= 15 is 0 Å². The van der Waals surface area contributed by atoms with E-state index in [1.54, 1.807) is 11.8 Å². The van der Waals surface area contributed by atoms with E-state index in [1.807, 2.05) is 20.0 Å². The van der Waals surface area contributed by atoms with Crippen molar-refractivity contribution in [3.8, 4) is 5.88 Å². The van der Waals surface area contributed by atoms with Crippen LogP contribution in [0.2, 0.25) is 0 Å². The van der Waals surface area contributed by atoms with Gasteiger partial charge in [-0.05, 0) is 6.92 Å². The fourth-order valence-electron chi connectivity index (χ4n) is 1.46. The number of aliphatic hydroxyl groups is 1. The van der Waals surface area contributed by atoms with Gasteiger partial charge in [0.1, 0.15) is 0 Å². The van der Waals surface area contributed by atoms with Crippen molar-refractivity contribution in [3.63, 3.8) is 0 Å². The van der Waals surface area contributed by atoms with E-state index in [0.29, 0.717) is 26.3 Å². The van der Waals surface area contributed by atoms with E-state index < -0.39 is 6.10 Å². The van der Waals surface area contributed by atoms with Crippen LogP contribution in [0.1, 0.15) is 12.6 Å². The van der Waals surface area contributed by atoms with Crippen LogP contribution in [0.5, 0.6) is 5.88 Å². The topological polar surface area (TPSA) is 68.5 Å². The van der Waals surface area contributed by atoms with Gasteiger partial charge in [-0.15, -0.1) is 0 Å². The molecule has 2 N–H and O–H groups in total. The predicted octanol–water partition coefficient (Wildman–Crippen LogP) is -0.0843. The van der Waals surface area contributed by atoms with Crippen molar-refractivity contribution in [1.82, 2.24) is 15.1 Å². The molecule has 0 aliphatic heterocycles. The van der Waals surface area contributed by atoms with Gasteiger partial charge >= 0.3 is 0 Å². The highest BCUT2D eigenvalue weighted by Crippen LogP contribution is 2.10. The van der Waals surface area contributed by atoms with Gasteiger partial charge in [-0.25, -0.2) is 4.68 Å². The number of rotatable bonds is 8. The quantitative estimate of drug-likeness (QED) is 0.668. The molecule has 17 heavy (non-hydrogen) atoms. The molecule has 1 aromatic heterocycles. The highest BCUT2D eigenvalue weighted by Gasteiger charge is 2.06. The number of aromatic nitrogens is 2. The second kappa shape index (κ2) is 7.26. The molecule has 0 spiro atoms. The molecule has 1 rings (SSSR count).